The van der Waals surface area contributed by atoms with Crippen molar-refractivity contribution in [2.75, 3.05) is 11.9 Å². The Morgan fingerprint density at radius 1 is 1.12 bits per heavy atom. The number of nitrogens with two attached hydrogens (primary N) is 1. The fourth-order valence-corrected chi connectivity index (χ4v) is 2.96. The highest BCUT2D eigenvalue weighted by atomic mass is 19.4. The van der Waals surface area contributed by atoms with Crippen LogP contribution >= 0.6 is 0 Å². The number of hydrogen-bond acceptors (Lipinski definition) is 4. The van der Waals surface area contributed by atoms with Gasteiger partial charge in [0.05, 0.1) is 11.7 Å². The Kier molecular flexibility index (Phi) is 6.64. The predicted octanol–water partition coefficient (Wildman–Crippen LogP) is 3.13. The van der Waals surface area contributed by atoms with Gasteiger partial charge in [-0.3, -0.25) is 9.59 Å². The van der Waals surface area contributed by atoms with Crippen molar-refractivity contribution in [1.29, 1.82) is 0 Å². The van der Waals surface area contributed by atoms with E-state index in [0.29, 0.717) is 11.3 Å². The predicted molar refractivity (Wildman–Crippen MR) is 113 cm³/mol. The zero-order valence-corrected chi connectivity index (χ0v) is 17.4. The van der Waals surface area contributed by atoms with Crippen LogP contribution in [0.2, 0.25) is 0 Å². The van der Waals surface area contributed by atoms with Crippen molar-refractivity contribution in [3.05, 3.63) is 77.6 Å². The van der Waals surface area contributed by atoms with Crippen LogP contribution in [0.5, 0.6) is 0 Å². The number of halogens is 3. The molecule has 2 aromatic carbocycles. The summed E-state index contributed by atoms with van der Waals surface area (Å²) >= 11 is 0. The van der Waals surface area contributed by atoms with Crippen LogP contribution in [0.15, 0.2) is 60.7 Å². The Balaban J connectivity index is 1.99. The quantitative estimate of drug-likeness (QED) is 0.610. The fourth-order valence-electron chi connectivity index (χ4n) is 2.96. The zero-order chi connectivity index (χ0) is 23.5. The van der Waals surface area contributed by atoms with Crippen LogP contribution in [0.3, 0.4) is 0 Å². The summed E-state index contributed by atoms with van der Waals surface area (Å²) < 4.78 is 41.1. The molecule has 32 heavy (non-hydrogen) atoms. The van der Waals surface area contributed by atoms with Gasteiger partial charge in [-0.15, -0.1) is 0 Å². The van der Waals surface area contributed by atoms with Crippen LogP contribution in [0.1, 0.15) is 28.7 Å². The number of para-hydroxylation sites is 1. The van der Waals surface area contributed by atoms with Crippen molar-refractivity contribution < 1.29 is 22.8 Å². The standard InChI is InChI=1S/C22H22F3N5O2/c1-14(26)20(31)27-13-15-7-6-10-17(11-15)30-18(12-19(28-30)22(23,24)25)21(32)29(2)16-8-4-3-5-9-16/h3-12,14H,13,26H2,1-2H3,(H,27,31)/t14-/m0/s1. The number of alkyl halides is 3. The van der Waals surface area contributed by atoms with E-state index in [1.165, 1.54) is 24.9 Å². The lowest BCUT2D eigenvalue weighted by Crippen LogP contribution is -2.37. The van der Waals surface area contributed by atoms with Crippen molar-refractivity contribution in [3.8, 4) is 5.69 Å². The summed E-state index contributed by atoms with van der Waals surface area (Å²) in [6, 6.07) is 15.0. The van der Waals surface area contributed by atoms with E-state index in [2.05, 4.69) is 10.4 Å². The van der Waals surface area contributed by atoms with Gasteiger partial charge in [0.2, 0.25) is 5.91 Å². The lowest BCUT2D eigenvalue weighted by Gasteiger charge is -2.18. The number of rotatable bonds is 6. The maximum Gasteiger partial charge on any atom is 0.435 e. The first-order valence-electron chi connectivity index (χ1n) is 9.71. The number of aromatic nitrogens is 2. The molecule has 0 bridgehead atoms. The average Bonchev–Trinajstić information content (AvgIpc) is 3.23. The maximum absolute atomic E-state index is 13.4. The first kappa shape index (κ1) is 23.0. The van der Waals surface area contributed by atoms with Crippen molar-refractivity contribution in [2.45, 2.75) is 25.7 Å². The Bertz CT molecular complexity index is 1110. The molecule has 0 unspecified atom stereocenters. The molecule has 0 spiro atoms. The van der Waals surface area contributed by atoms with Gasteiger partial charge in [-0.2, -0.15) is 18.3 Å². The molecule has 3 aromatic rings. The van der Waals surface area contributed by atoms with Gasteiger partial charge in [-0.1, -0.05) is 30.3 Å². The Morgan fingerprint density at radius 2 is 1.81 bits per heavy atom. The van der Waals surface area contributed by atoms with Crippen molar-refractivity contribution in [1.82, 2.24) is 15.1 Å². The number of anilines is 1. The van der Waals surface area contributed by atoms with E-state index in [4.69, 9.17) is 5.73 Å². The first-order chi connectivity index (χ1) is 15.1. The lowest BCUT2D eigenvalue weighted by atomic mass is 10.2. The molecule has 0 radical (unpaired) electrons. The largest absolute Gasteiger partial charge is 0.435 e. The smallest absolute Gasteiger partial charge is 0.351 e. The molecular weight excluding hydrogens is 423 g/mol. The molecule has 0 aliphatic heterocycles. The Labute approximate surface area is 182 Å². The number of carbonyl (C=O) groups is 2. The number of nitrogens with zero attached hydrogens (tertiary/aromatic N) is 3. The minimum Gasteiger partial charge on any atom is -0.351 e. The van der Waals surface area contributed by atoms with E-state index >= 15 is 0 Å². The molecule has 0 aliphatic rings. The maximum atomic E-state index is 13.4. The van der Waals surface area contributed by atoms with Gasteiger partial charge in [0.15, 0.2) is 5.69 Å². The summed E-state index contributed by atoms with van der Waals surface area (Å²) in [6.07, 6.45) is -4.73. The molecule has 7 nitrogen and oxygen atoms in total. The molecule has 0 fully saturated rings. The Hall–Kier alpha value is -3.66. The molecule has 1 atom stereocenters. The van der Waals surface area contributed by atoms with Gasteiger partial charge in [0.25, 0.3) is 5.91 Å². The van der Waals surface area contributed by atoms with Crippen LogP contribution < -0.4 is 16.0 Å². The highest BCUT2D eigenvalue weighted by Crippen LogP contribution is 2.30. The van der Waals surface area contributed by atoms with Crippen LogP contribution in [0, 0.1) is 0 Å². The fraction of sp³-hybridized carbons (Fsp3) is 0.227. The molecule has 1 heterocycles. The number of carbonyl (C=O) groups excluding carboxylic acids is 2. The minimum absolute atomic E-state index is 0.120. The second-order valence-electron chi connectivity index (χ2n) is 7.20. The van der Waals surface area contributed by atoms with E-state index in [1.807, 2.05) is 0 Å². The molecule has 0 saturated heterocycles. The molecule has 3 N–H and O–H groups in total. The minimum atomic E-state index is -4.73. The first-order valence-corrected chi connectivity index (χ1v) is 9.71. The second-order valence-corrected chi connectivity index (χ2v) is 7.20. The van der Waals surface area contributed by atoms with Crippen LogP contribution in [0.25, 0.3) is 5.69 Å². The molecule has 2 amide bonds. The number of amides is 2. The van der Waals surface area contributed by atoms with Gasteiger partial charge < -0.3 is 16.0 Å². The van der Waals surface area contributed by atoms with Gasteiger partial charge in [0.1, 0.15) is 5.69 Å². The average molecular weight is 445 g/mol. The third kappa shape index (κ3) is 5.14. The second kappa shape index (κ2) is 9.23. The van der Waals surface area contributed by atoms with E-state index in [9.17, 15) is 22.8 Å². The monoisotopic (exact) mass is 445 g/mol. The van der Waals surface area contributed by atoms with Gasteiger partial charge >= 0.3 is 6.18 Å². The number of hydrogen-bond donors (Lipinski definition) is 2. The molecule has 0 saturated carbocycles. The molecule has 168 valence electrons. The summed E-state index contributed by atoms with van der Waals surface area (Å²) in [6.45, 7) is 1.66. The Morgan fingerprint density at radius 3 is 2.44 bits per heavy atom. The van der Waals surface area contributed by atoms with E-state index in [-0.39, 0.29) is 23.8 Å². The SMILES string of the molecule is C[C@H](N)C(=O)NCc1cccc(-n2nc(C(F)(F)F)cc2C(=O)N(C)c2ccccc2)c1. The zero-order valence-electron chi connectivity index (χ0n) is 17.4. The van der Waals surface area contributed by atoms with Crippen LogP contribution in [-0.4, -0.2) is 34.7 Å². The molecule has 0 aliphatic carbocycles. The molecular formula is C22H22F3N5O2. The van der Waals surface area contributed by atoms with Gasteiger partial charge in [-0.05, 0) is 36.8 Å². The van der Waals surface area contributed by atoms with Crippen molar-refractivity contribution >= 4 is 17.5 Å². The van der Waals surface area contributed by atoms with Gasteiger partial charge in [-0.25, -0.2) is 4.68 Å². The van der Waals surface area contributed by atoms with Crippen molar-refractivity contribution in [2.24, 2.45) is 5.73 Å². The van der Waals surface area contributed by atoms with E-state index in [1.54, 1.807) is 48.5 Å². The topological polar surface area (TPSA) is 93.2 Å². The molecule has 1 aromatic heterocycles. The lowest BCUT2D eigenvalue weighted by molar-refractivity contribution is -0.141. The third-order valence-corrected chi connectivity index (χ3v) is 4.70. The normalized spacial score (nSPS) is 12.3. The van der Waals surface area contributed by atoms with E-state index < -0.39 is 23.8 Å². The number of nitrogens with one attached hydrogen (secondary N) is 1. The summed E-state index contributed by atoms with van der Waals surface area (Å²) in [5.74, 6) is -1.02. The van der Waals surface area contributed by atoms with E-state index in [0.717, 1.165) is 10.7 Å². The van der Waals surface area contributed by atoms with Crippen molar-refractivity contribution in [3.63, 3.8) is 0 Å². The van der Waals surface area contributed by atoms with Crippen LogP contribution in [-0.2, 0) is 17.5 Å². The highest BCUT2D eigenvalue weighted by molar-refractivity contribution is 6.05. The number of benzene rings is 2. The van der Waals surface area contributed by atoms with Crippen LogP contribution in [0.4, 0.5) is 18.9 Å². The highest BCUT2D eigenvalue weighted by Gasteiger charge is 2.36. The summed E-state index contributed by atoms with van der Waals surface area (Å²) in [5, 5.41) is 6.29. The third-order valence-electron chi connectivity index (χ3n) is 4.70. The van der Waals surface area contributed by atoms with Gasteiger partial charge in [0, 0.05) is 25.3 Å². The molecule has 10 heteroatoms. The summed E-state index contributed by atoms with van der Waals surface area (Å²) in [7, 11) is 1.47. The summed E-state index contributed by atoms with van der Waals surface area (Å²) in [5.41, 5.74) is 5.46. The summed E-state index contributed by atoms with van der Waals surface area (Å²) in [4.78, 5) is 26.0. The molecule has 3 rings (SSSR count).